The van der Waals surface area contributed by atoms with Crippen LogP contribution in [0.4, 0.5) is 13.2 Å². The van der Waals surface area contributed by atoms with Crippen LogP contribution in [0.25, 0.3) is 22.1 Å². The SMILES string of the molecule is Cc1nc2cnc3c(ccn3S(=O)(=O)c3ccccc3)c2n1C1CCN(CCCC(F)(F)F)C1. The van der Waals surface area contributed by atoms with Crippen LogP contribution in [-0.2, 0) is 10.0 Å². The summed E-state index contributed by atoms with van der Waals surface area (Å²) in [7, 11) is -3.82. The van der Waals surface area contributed by atoms with E-state index in [1.165, 1.54) is 10.2 Å². The minimum Gasteiger partial charge on any atom is -0.323 e. The number of aryl methyl sites for hydroxylation is 1. The van der Waals surface area contributed by atoms with Crippen molar-refractivity contribution in [2.45, 2.75) is 43.3 Å². The second-order valence-electron chi connectivity index (χ2n) is 8.65. The van der Waals surface area contributed by atoms with Gasteiger partial charge in [0, 0.05) is 37.1 Å². The van der Waals surface area contributed by atoms with E-state index < -0.39 is 22.6 Å². The molecule has 34 heavy (non-hydrogen) atoms. The van der Waals surface area contributed by atoms with Gasteiger partial charge in [0.05, 0.1) is 16.6 Å². The molecule has 4 aromatic rings. The molecule has 0 bridgehead atoms. The quantitative estimate of drug-likeness (QED) is 0.397. The summed E-state index contributed by atoms with van der Waals surface area (Å²) in [5, 5.41) is 0.674. The van der Waals surface area contributed by atoms with Gasteiger partial charge < -0.3 is 9.47 Å². The second-order valence-corrected chi connectivity index (χ2v) is 10.5. The predicted octanol–water partition coefficient (Wildman–Crippen LogP) is 4.52. The number of hydrogen-bond donors (Lipinski definition) is 0. The number of fused-ring (bicyclic) bond motifs is 3. The summed E-state index contributed by atoms with van der Waals surface area (Å²) in [6.45, 7) is 3.61. The van der Waals surface area contributed by atoms with Crippen molar-refractivity contribution in [1.82, 2.24) is 23.4 Å². The minimum absolute atomic E-state index is 0.0376. The highest BCUT2D eigenvalue weighted by Gasteiger charge is 2.30. The first-order chi connectivity index (χ1) is 16.1. The molecule has 0 radical (unpaired) electrons. The van der Waals surface area contributed by atoms with E-state index in [4.69, 9.17) is 0 Å². The Hall–Kier alpha value is -2.92. The molecule has 5 rings (SSSR count). The average Bonchev–Trinajstić information content (AvgIpc) is 3.49. The zero-order chi connectivity index (χ0) is 24.1. The molecule has 0 spiro atoms. The van der Waals surface area contributed by atoms with Crippen molar-refractivity contribution in [3.05, 3.63) is 54.6 Å². The Labute approximate surface area is 194 Å². The van der Waals surface area contributed by atoms with Crippen LogP contribution in [0.15, 0.2) is 53.7 Å². The maximum Gasteiger partial charge on any atom is 0.389 e. The summed E-state index contributed by atoms with van der Waals surface area (Å²) in [5.41, 5.74) is 1.78. The van der Waals surface area contributed by atoms with Crippen molar-refractivity contribution in [2.24, 2.45) is 0 Å². The van der Waals surface area contributed by atoms with Crippen LogP contribution in [0.3, 0.4) is 0 Å². The number of nitrogens with zero attached hydrogens (tertiary/aromatic N) is 5. The number of aromatic nitrogens is 4. The van der Waals surface area contributed by atoms with E-state index >= 15 is 0 Å². The van der Waals surface area contributed by atoms with Crippen molar-refractivity contribution in [2.75, 3.05) is 19.6 Å². The van der Waals surface area contributed by atoms with Gasteiger partial charge >= 0.3 is 6.18 Å². The first-order valence-electron chi connectivity index (χ1n) is 11.1. The Balaban J connectivity index is 1.50. The third-order valence-corrected chi connectivity index (χ3v) is 8.03. The molecular weight excluding hydrogens is 467 g/mol. The van der Waals surface area contributed by atoms with Crippen LogP contribution >= 0.6 is 0 Å². The molecule has 3 aromatic heterocycles. The van der Waals surface area contributed by atoms with Crippen molar-refractivity contribution < 1.29 is 21.6 Å². The number of pyridine rings is 1. The third-order valence-electron chi connectivity index (χ3n) is 6.35. The molecular formula is C23H24F3N5O2S. The molecule has 1 aliphatic heterocycles. The van der Waals surface area contributed by atoms with Gasteiger partial charge in [0.25, 0.3) is 10.0 Å². The topological polar surface area (TPSA) is 73.0 Å². The third kappa shape index (κ3) is 4.07. The highest BCUT2D eigenvalue weighted by molar-refractivity contribution is 7.90. The van der Waals surface area contributed by atoms with E-state index in [1.807, 2.05) is 11.8 Å². The predicted molar refractivity (Wildman–Crippen MR) is 122 cm³/mol. The number of imidazole rings is 1. The van der Waals surface area contributed by atoms with Gasteiger partial charge in [-0.25, -0.2) is 22.4 Å². The van der Waals surface area contributed by atoms with Crippen LogP contribution in [0.2, 0.25) is 0 Å². The van der Waals surface area contributed by atoms with E-state index in [2.05, 4.69) is 14.5 Å². The summed E-state index contributed by atoms with van der Waals surface area (Å²) in [6.07, 6.45) is -0.975. The smallest absolute Gasteiger partial charge is 0.323 e. The van der Waals surface area contributed by atoms with Crippen LogP contribution in [-0.4, -0.2) is 57.6 Å². The molecule has 180 valence electrons. The van der Waals surface area contributed by atoms with Crippen molar-refractivity contribution in [1.29, 1.82) is 0 Å². The number of rotatable bonds is 6. The number of likely N-dealkylation sites (tertiary alicyclic amines) is 1. The standard InChI is InChI=1S/C23H24F3N5O2S/c1-16-28-20-14-27-22-19(9-13-30(22)34(32,33)18-6-3-2-4-7-18)21(20)31(16)17-8-12-29(15-17)11-5-10-23(24,25)26/h2-4,6-7,9,13-14,17H,5,8,10-12,15H2,1H3. The average molecular weight is 492 g/mol. The van der Waals surface area contributed by atoms with Crippen LogP contribution < -0.4 is 0 Å². The summed E-state index contributed by atoms with van der Waals surface area (Å²) in [4.78, 5) is 11.3. The number of alkyl halides is 3. The molecule has 1 saturated heterocycles. The molecule has 1 unspecified atom stereocenters. The van der Waals surface area contributed by atoms with Gasteiger partial charge in [0.1, 0.15) is 11.3 Å². The van der Waals surface area contributed by atoms with Gasteiger partial charge in [0.2, 0.25) is 0 Å². The monoisotopic (exact) mass is 491 g/mol. The molecule has 0 saturated carbocycles. The Morgan fingerprint density at radius 3 is 2.65 bits per heavy atom. The molecule has 1 aliphatic rings. The molecule has 0 aliphatic carbocycles. The molecule has 1 atom stereocenters. The Morgan fingerprint density at radius 2 is 1.91 bits per heavy atom. The van der Waals surface area contributed by atoms with E-state index in [-0.39, 0.29) is 17.4 Å². The van der Waals surface area contributed by atoms with E-state index in [9.17, 15) is 21.6 Å². The summed E-state index contributed by atoms with van der Waals surface area (Å²) in [5.74, 6) is 0.769. The zero-order valence-electron chi connectivity index (χ0n) is 18.5. The molecule has 1 aromatic carbocycles. The number of benzene rings is 1. The van der Waals surface area contributed by atoms with Crippen LogP contribution in [0, 0.1) is 6.92 Å². The molecule has 0 N–H and O–H groups in total. The van der Waals surface area contributed by atoms with Gasteiger partial charge in [-0.1, -0.05) is 18.2 Å². The van der Waals surface area contributed by atoms with Gasteiger partial charge in [-0.15, -0.1) is 0 Å². The summed E-state index contributed by atoms with van der Waals surface area (Å²) < 4.78 is 67.3. The van der Waals surface area contributed by atoms with Gasteiger partial charge in [-0.3, -0.25) is 0 Å². The first-order valence-corrected chi connectivity index (χ1v) is 12.5. The molecule has 1 fully saturated rings. The van der Waals surface area contributed by atoms with Crippen molar-refractivity contribution in [3.8, 4) is 0 Å². The van der Waals surface area contributed by atoms with Crippen LogP contribution in [0.5, 0.6) is 0 Å². The fourth-order valence-electron chi connectivity index (χ4n) is 4.84. The lowest BCUT2D eigenvalue weighted by molar-refractivity contribution is -0.136. The lowest BCUT2D eigenvalue weighted by Crippen LogP contribution is -2.24. The fraction of sp³-hybridized carbons (Fsp3) is 0.391. The van der Waals surface area contributed by atoms with Gasteiger partial charge in [-0.05, 0) is 44.5 Å². The van der Waals surface area contributed by atoms with Crippen molar-refractivity contribution in [3.63, 3.8) is 0 Å². The van der Waals surface area contributed by atoms with E-state index in [0.717, 1.165) is 17.8 Å². The van der Waals surface area contributed by atoms with Crippen molar-refractivity contribution >= 4 is 32.1 Å². The van der Waals surface area contributed by atoms with E-state index in [1.54, 1.807) is 42.6 Å². The maximum absolute atomic E-state index is 13.2. The fourth-order valence-corrected chi connectivity index (χ4v) is 6.16. The second kappa shape index (κ2) is 8.38. The first kappa shape index (κ1) is 22.9. The normalized spacial score (nSPS) is 17.8. The maximum atomic E-state index is 13.2. The van der Waals surface area contributed by atoms with Crippen LogP contribution in [0.1, 0.15) is 31.1 Å². The Kier molecular flexibility index (Phi) is 5.64. The minimum atomic E-state index is -4.14. The van der Waals surface area contributed by atoms with Gasteiger partial charge in [-0.2, -0.15) is 13.2 Å². The molecule has 0 amide bonds. The number of halogens is 3. The zero-order valence-corrected chi connectivity index (χ0v) is 19.3. The van der Waals surface area contributed by atoms with Gasteiger partial charge in [0.15, 0.2) is 5.65 Å². The molecule has 11 heteroatoms. The molecule has 7 nitrogen and oxygen atoms in total. The summed E-state index contributed by atoms with van der Waals surface area (Å²) >= 11 is 0. The number of hydrogen-bond acceptors (Lipinski definition) is 5. The Bertz CT molecular complexity index is 1440. The Morgan fingerprint density at radius 1 is 1.15 bits per heavy atom. The molecule has 4 heterocycles. The van der Waals surface area contributed by atoms with E-state index in [0.29, 0.717) is 36.2 Å². The lowest BCUT2D eigenvalue weighted by Gasteiger charge is -2.18. The largest absolute Gasteiger partial charge is 0.389 e. The lowest BCUT2D eigenvalue weighted by atomic mass is 10.2. The highest BCUT2D eigenvalue weighted by Crippen LogP contribution is 2.33. The summed E-state index contributed by atoms with van der Waals surface area (Å²) in [6, 6.07) is 9.95. The highest BCUT2D eigenvalue weighted by atomic mass is 32.2.